The van der Waals surface area contributed by atoms with Crippen molar-refractivity contribution in [2.24, 2.45) is 0 Å². The minimum absolute atomic E-state index is 0.123. The van der Waals surface area contributed by atoms with Gasteiger partial charge in [0.25, 0.3) is 0 Å². The number of aliphatic hydroxyl groups is 1. The zero-order valence-corrected chi connectivity index (χ0v) is 8.18. The van der Waals surface area contributed by atoms with Gasteiger partial charge in [-0.1, -0.05) is 6.92 Å². The van der Waals surface area contributed by atoms with Crippen molar-refractivity contribution < 1.29 is 5.11 Å². The maximum atomic E-state index is 9.91. The molecule has 11 heavy (non-hydrogen) atoms. The maximum absolute atomic E-state index is 9.91. The monoisotopic (exact) mass is 160 g/mol. The van der Waals surface area contributed by atoms with Crippen LogP contribution in [0.2, 0.25) is 0 Å². The molecule has 0 aliphatic rings. The van der Waals surface area contributed by atoms with E-state index in [2.05, 4.69) is 5.32 Å². The first-order valence-electron chi connectivity index (χ1n) is 4.05. The molecule has 0 heterocycles. The second-order valence-electron chi connectivity index (χ2n) is 3.17. The fourth-order valence-electron chi connectivity index (χ4n) is 1.11. The molecule has 0 saturated heterocycles. The standard InChI is InChI=1S/C8H20N2O/c1-6-8(11,9-3)7(2)10(4)5/h7,9,11H,6H2,1-5H3. The number of nitrogens with one attached hydrogen (secondary N) is 1. The van der Waals surface area contributed by atoms with Crippen LogP contribution in [0, 0.1) is 0 Å². The molecule has 2 N–H and O–H groups in total. The third kappa shape index (κ3) is 2.43. The van der Waals surface area contributed by atoms with E-state index in [-0.39, 0.29) is 6.04 Å². The van der Waals surface area contributed by atoms with E-state index < -0.39 is 5.72 Å². The first-order valence-corrected chi connectivity index (χ1v) is 4.05. The van der Waals surface area contributed by atoms with Gasteiger partial charge >= 0.3 is 0 Å². The van der Waals surface area contributed by atoms with E-state index in [1.807, 2.05) is 32.8 Å². The lowest BCUT2D eigenvalue weighted by Crippen LogP contribution is -2.56. The smallest absolute Gasteiger partial charge is 0.130 e. The van der Waals surface area contributed by atoms with Gasteiger partial charge in [0.2, 0.25) is 0 Å². The van der Waals surface area contributed by atoms with Crippen molar-refractivity contribution in [3.05, 3.63) is 0 Å². The summed E-state index contributed by atoms with van der Waals surface area (Å²) >= 11 is 0. The van der Waals surface area contributed by atoms with Crippen LogP contribution in [0.3, 0.4) is 0 Å². The summed E-state index contributed by atoms with van der Waals surface area (Å²) in [6, 6.07) is 0.123. The average molecular weight is 160 g/mol. The number of nitrogens with zero attached hydrogens (tertiary/aromatic N) is 1. The van der Waals surface area contributed by atoms with E-state index in [1.54, 1.807) is 7.05 Å². The Balaban J connectivity index is 4.24. The summed E-state index contributed by atoms with van der Waals surface area (Å²) in [6.07, 6.45) is 0.711. The Hall–Kier alpha value is -0.120. The van der Waals surface area contributed by atoms with Crippen LogP contribution in [0.1, 0.15) is 20.3 Å². The molecule has 0 aliphatic carbocycles. The van der Waals surface area contributed by atoms with Gasteiger partial charge in [0.1, 0.15) is 5.72 Å². The molecule has 0 radical (unpaired) electrons. The van der Waals surface area contributed by atoms with Crippen LogP contribution >= 0.6 is 0 Å². The summed E-state index contributed by atoms with van der Waals surface area (Å²) < 4.78 is 0. The highest BCUT2D eigenvalue weighted by molar-refractivity contribution is 4.83. The van der Waals surface area contributed by atoms with Crippen molar-refractivity contribution in [1.29, 1.82) is 0 Å². The highest BCUT2D eigenvalue weighted by atomic mass is 16.3. The molecule has 0 fully saturated rings. The number of hydrogen-bond acceptors (Lipinski definition) is 3. The van der Waals surface area contributed by atoms with Gasteiger partial charge in [-0.25, -0.2) is 0 Å². The Morgan fingerprint density at radius 3 is 2.09 bits per heavy atom. The lowest BCUT2D eigenvalue weighted by atomic mass is 10.0. The van der Waals surface area contributed by atoms with Crippen LogP contribution in [0.4, 0.5) is 0 Å². The van der Waals surface area contributed by atoms with Crippen LogP contribution in [-0.4, -0.2) is 42.9 Å². The molecular weight excluding hydrogens is 140 g/mol. The molecule has 2 unspecified atom stereocenters. The first-order chi connectivity index (χ1) is 4.98. The average Bonchev–Trinajstić information content (AvgIpc) is 2.01. The molecule has 0 bridgehead atoms. The maximum Gasteiger partial charge on any atom is 0.130 e. The first kappa shape index (κ1) is 10.9. The molecule has 0 aromatic carbocycles. The quantitative estimate of drug-likeness (QED) is 0.579. The van der Waals surface area contributed by atoms with Crippen LogP contribution in [0.5, 0.6) is 0 Å². The Morgan fingerprint density at radius 1 is 1.55 bits per heavy atom. The summed E-state index contributed by atoms with van der Waals surface area (Å²) in [5, 5.41) is 12.8. The van der Waals surface area contributed by atoms with E-state index >= 15 is 0 Å². The van der Waals surface area contributed by atoms with Crippen molar-refractivity contribution in [3.8, 4) is 0 Å². The third-order valence-electron chi connectivity index (χ3n) is 2.44. The lowest BCUT2D eigenvalue weighted by Gasteiger charge is -2.36. The fourth-order valence-corrected chi connectivity index (χ4v) is 1.11. The number of rotatable bonds is 4. The van der Waals surface area contributed by atoms with E-state index in [1.165, 1.54) is 0 Å². The van der Waals surface area contributed by atoms with Crippen LogP contribution in [0.15, 0.2) is 0 Å². The minimum Gasteiger partial charge on any atom is -0.374 e. The van der Waals surface area contributed by atoms with Crippen LogP contribution in [-0.2, 0) is 0 Å². The van der Waals surface area contributed by atoms with Crippen molar-refractivity contribution in [3.63, 3.8) is 0 Å². The Bertz CT molecular complexity index is 111. The summed E-state index contributed by atoms with van der Waals surface area (Å²) in [7, 11) is 5.70. The molecule has 0 amide bonds. The van der Waals surface area contributed by atoms with Crippen molar-refractivity contribution in [2.75, 3.05) is 21.1 Å². The van der Waals surface area contributed by atoms with Crippen molar-refractivity contribution >= 4 is 0 Å². The second-order valence-corrected chi connectivity index (χ2v) is 3.17. The molecule has 0 rings (SSSR count). The third-order valence-corrected chi connectivity index (χ3v) is 2.44. The SMILES string of the molecule is CCC(O)(NC)C(C)N(C)C. The predicted molar refractivity (Wildman–Crippen MR) is 47.4 cm³/mol. The molecular formula is C8H20N2O. The van der Waals surface area contributed by atoms with E-state index in [0.717, 1.165) is 0 Å². The Kier molecular flexibility index (Phi) is 4.00. The van der Waals surface area contributed by atoms with Gasteiger partial charge in [-0.15, -0.1) is 0 Å². The topological polar surface area (TPSA) is 35.5 Å². The van der Waals surface area contributed by atoms with Gasteiger partial charge < -0.3 is 10.0 Å². The number of hydrogen-bond donors (Lipinski definition) is 2. The Morgan fingerprint density at radius 2 is 2.00 bits per heavy atom. The van der Waals surface area contributed by atoms with E-state index in [0.29, 0.717) is 6.42 Å². The minimum atomic E-state index is -0.760. The molecule has 0 aromatic heterocycles. The molecule has 0 aliphatic heterocycles. The van der Waals surface area contributed by atoms with Gasteiger partial charge in [0.05, 0.1) is 0 Å². The van der Waals surface area contributed by atoms with Crippen LogP contribution < -0.4 is 5.32 Å². The second kappa shape index (κ2) is 4.04. The molecule has 3 heteroatoms. The number of likely N-dealkylation sites (N-methyl/N-ethyl adjacent to an activating group) is 2. The van der Waals surface area contributed by atoms with Gasteiger partial charge in [0, 0.05) is 6.04 Å². The fraction of sp³-hybridized carbons (Fsp3) is 1.00. The van der Waals surface area contributed by atoms with Gasteiger partial charge in [-0.3, -0.25) is 5.32 Å². The van der Waals surface area contributed by atoms with Gasteiger partial charge in [0.15, 0.2) is 0 Å². The van der Waals surface area contributed by atoms with Crippen LogP contribution in [0.25, 0.3) is 0 Å². The normalized spacial score (nSPS) is 19.9. The predicted octanol–water partition coefficient (Wildman–Crippen LogP) is 0.254. The summed E-state index contributed by atoms with van der Waals surface area (Å²) in [5.41, 5.74) is -0.760. The summed E-state index contributed by atoms with van der Waals surface area (Å²) in [4.78, 5) is 2.00. The lowest BCUT2D eigenvalue weighted by molar-refractivity contribution is -0.0519. The molecule has 0 aromatic rings. The van der Waals surface area contributed by atoms with Crippen molar-refractivity contribution in [2.45, 2.75) is 32.0 Å². The van der Waals surface area contributed by atoms with Gasteiger partial charge in [-0.05, 0) is 34.5 Å². The van der Waals surface area contributed by atoms with Gasteiger partial charge in [-0.2, -0.15) is 0 Å². The highest BCUT2D eigenvalue weighted by Gasteiger charge is 2.30. The molecule has 2 atom stereocenters. The zero-order valence-electron chi connectivity index (χ0n) is 8.18. The van der Waals surface area contributed by atoms with E-state index in [9.17, 15) is 5.11 Å². The zero-order chi connectivity index (χ0) is 9.07. The molecule has 68 valence electrons. The Labute approximate surface area is 69.4 Å². The largest absolute Gasteiger partial charge is 0.374 e. The highest BCUT2D eigenvalue weighted by Crippen LogP contribution is 2.13. The van der Waals surface area contributed by atoms with E-state index in [4.69, 9.17) is 0 Å². The summed E-state index contributed by atoms with van der Waals surface area (Å²) in [5.74, 6) is 0. The summed E-state index contributed by atoms with van der Waals surface area (Å²) in [6.45, 7) is 3.97. The molecule has 0 saturated carbocycles. The molecule has 0 spiro atoms. The van der Waals surface area contributed by atoms with Crippen molar-refractivity contribution in [1.82, 2.24) is 10.2 Å². The molecule has 3 nitrogen and oxygen atoms in total.